The molecule has 2 fully saturated rings. The molecule has 4 nitrogen and oxygen atoms in total. The van der Waals surface area contributed by atoms with E-state index in [9.17, 15) is 4.79 Å². The van der Waals surface area contributed by atoms with E-state index < -0.39 is 0 Å². The summed E-state index contributed by atoms with van der Waals surface area (Å²) in [6, 6.07) is 8.83. The summed E-state index contributed by atoms with van der Waals surface area (Å²) in [5.74, 6) is 0.817. The topological polar surface area (TPSA) is 37.3 Å². The summed E-state index contributed by atoms with van der Waals surface area (Å²) in [6.07, 6.45) is 7.44. The van der Waals surface area contributed by atoms with Crippen molar-refractivity contribution in [1.82, 2.24) is 14.8 Å². The van der Waals surface area contributed by atoms with Crippen molar-refractivity contribution in [2.24, 2.45) is 5.92 Å². The Bertz CT molecular complexity index is 734. The van der Waals surface area contributed by atoms with Crippen molar-refractivity contribution < 1.29 is 4.79 Å². The van der Waals surface area contributed by atoms with Crippen molar-refractivity contribution in [3.63, 3.8) is 0 Å². The van der Waals surface area contributed by atoms with Crippen LogP contribution in [-0.2, 0) is 0 Å². The number of halogens is 2. The van der Waals surface area contributed by atoms with Gasteiger partial charge in [-0.2, -0.15) is 0 Å². The molecule has 1 aliphatic heterocycles. The molecule has 1 aromatic carbocycles. The quantitative estimate of drug-likeness (QED) is 0.839. The van der Waals surface area contributed by atoms with Crippen LogP contribution in [0.25, 0.3) is 10.9 Å². The molecule has 0 unspecified atom stereocenters. The SMILES string of the molecule is CC(=O)n1cc([C@H](C2CCCC2)N2CCNCC2)c2ccccc21.Cl.Cl. The highest BCUT2D eigenvalue weighted by atomic mass is 35.5. The fraction of sp³-hybridized carbons (Fsp3) is 0.550. The molecule has 144 valence electrons. The Hall–Kier alpha value is -1.07. The van der Waals surface area contributed by atoms with Gasteiger partial charge in [-0.1, -0.05) is 31.0 Å². The fourth-order valence-corrected chi connectivity index (χ4v) is 4.68. The minimum absolute atomic E-state index is 0. The number of carbonyl (C=O) groups is 1. The molecule has 0 bridgehead atoms. The summed E-state index contributed by atoms with van der Waals surface area (Å²) in [7, 11) is 0. The van der Waals surface area contributed by atoms with Crippen LogP contribution in [-0.4, -0.2) is 41.6 Å². The Morgan fingerprint density at radius 1 is 1.12 bits per heavy atom. The molecule has 1 aliphatic carbocycles. The number of fused-ring (bicyclic) bond motifs is 1. The average molecular weight is 398 g/mol. The predicted octanol–water partition coefficient (Wildman–Crippen LogP) is 4.28. The molecule has 2 aromatic rings. The number of carbonyl (C=O) groups excluding carboxylic acids is 1. The van der Waals surface area contributed by atoms with Crippen LogP contribution in [0.5, 0.6) is 0 Å². The maximum absolute atomic E-state index is 12.1. The molecule has 1 saturated heterocycles. The molecule has 0 radical (unpaired) electrons. The molecule has 2 aliphatic rings. The van der Waals surface area contributed by atoms with Crippen LogP contribution in [0.15, 0.2) is 30.5 Å². The molecule has 1 atom stereocenters. The normalized spacial score (nSPS) is 19.7. The van der Waals surface area contributed by atoms with E-state index in [1.165, 1.54) is 36.6 Å². The number of nitrogens with zero attached hydrogens (tertiary/aromatic N) is 2. The van der Waals surface area contributed by atoms with E-state index in [0.29, 0.717) is 12.0 Å². The Labute approximate surface area is 168 Å². The third-order valence-electron chi connectivity index (χ3n) is 5.79. The predicted molar refractivity (Wildman–Crippen MR) is 112 cm³/mol. The van der Waals surface area contributed by atoms with E-state index in [-0.39, 0.29) is 30.7 Å². The van der Waals surface area contributed by atoms with E-state index >= 15 is 0 Å². The van der Waals surface area contributed by atoms with Crippen LogP contribution in [0.3, 0.4) is 0 Å². The second kappa shape index (κ2) is 9.23. The number of nitrogens with one attached hydrogen (secondary N) is 1. The van der Waals surface area contributed by atoms with E-state index in [0.717, 1.165) is 31.7 Å². The molecule has 0 spiro atoms. The van der Waals surface area contributed by atoms with E-state index in [1.54, 1.807) is 6.92 Å². The van der Waals surface area contributed by atoms with Gasteiger partial charge in [0.05, 0.1) is 5.52 Å². The molecular weight excluding hydrogens is 369 g/mol. The first-order valence-electron chi connectivity index (χ1n) is 9.31. The number of benzene rings is 1. The Kier molecular flexibility index (Phi) is 7.53. The monoisotopic (exact) mass is 397 g/mol. The zero-order chi connectivity index (χ0) is 16.5. The molecule has 1 aromatic heterocycles. The summed E-state index contributed by atoms with van der Waals surface area (Å²) in [6.45, 7) is 5.98. The lowest BCUT2D eigenvalue weighted by molar-refractivity contribution is 0.0939. The highest BCUT2D eigenvalue weighted by Gasteiger charge is 2.34. The number of hydrogen-bond donors (Lipinski definition) is 1. The second-order valence-corrected chi connectivity index (χ2v) is 7.27. The molecular formula is C20H29Cl2N3O. The third-order valence-corrected chi connectivity index (χ3v) is 5.79. The first-order valence-corrected chi connectivity index (χ1v) is 9.31. The maximum atomic E-state index is 12.1. The standard InChI is InChI=1S/C20H27N3O.2ClH/c1-15(24)23-14-18(17-8-4-5-9-19(17)23)20(16-6-2-3-7-16)22-12-10-21-11-13-22;;/h4-5,8-9,14,16,20-21H,2-3,6-7,10-13H2,1H3;2*1H/t20-;;/m0../s1. The van der Waals surface area contributed by atoms with Gasteiger partial charge in [0.1, 0.15) is 0 Å². The summed E-state index contributed by atoms with van der Waals surface area (Å²) in [5.41, 5.74) is 2.41. The van der Waals surface area contributed by atoms with Crippen LogP contribution in [0.4, 0.5) is 0 Å². The smallest absolute Gasteiger partial charge is 0.227 e. The van der Waals surface area contributed by atoms with Gasteiger partial charge in [0.2, 0.25) is 5.91 Å². The van der Waals surface area contributed by atoms with Gasteiger partial charge in [-0.05, 0) is 30.4 Å². The fourth-order valence-electron chi connectivity index (χ4n) is 4.68. The number of aromatic nitrogens is 1. The van der Waals surface area contributed by atoms with Gasteiger partial charge >= 0.3 is 0 Å². The minimum Gasteiger partial charge on any atom is -0.314 e. The molecule has 6 heteroatoms. The summed E-state index contributed by atoms with van der Waals surface area (Å²) < 4.78 is 1.84. The molecule has 4 rings (SSSR count). The minimum atomic E-state index is 0. The highest BCUT2D eigenvalue weighted by molar-refractivity contribution is 5.93. The summed E-state index contributed by atoms with van der Waals surface area (Å²) >= 11 is 0. The Morgan fingerprint density at radius 2 is 1.77 bits per heavy atom. The average Bonchev–Trinajstić information content (AvgIpc) is 3.25. The van der Waals surface area contributed by atoms with Crippen molar-refractivity contribution in [3.8, 4) is 0 Å². The Morgan fingerprint density at radius 3 is 2.42 bits per heavy atom. The highest BCUT2D eigenvalue weighted by Crippen LogP contribution is 2.42. The van der Waals surface area contributed by atoms with Crippen molar-refractivity contribution in [2.75, 3.05) is 26.2 Å². The van der Waals surface area contributed by atoms with Crippen LogP contribution in [0.1, 0.15) is 49.0 Å². The molecule has 26 heavy (non-hydrogen) atoms. The maximum Gasteiger partial charge on any atom is 0.227 e. The van der Waals surface area contributed by atoms with Crippen LogP contribution >= 0.6 is 24.8 Å². The van der Waals surface area contributed by atoms with Gasteiger partial charge in [-0.3, -0.25) is 14.3 Å². The number of para-hydroxylation sites is 1. The van der Waals surface area contributed by atoms with E-state index in [4.69, 9.17) is 0 Å². The van der Waals surface area contributed by atoms with Crippen LogP contribution in [0.2, 0.25) is 0 Å². The summed E-state index contributed by atoms with van der Waals surface area (Å²) in [4.78, 5) is 14.8. The lowest BCUT2D eigenvalue weighted by atomic mass is 9.89. The van der Waals surface area contributed by atoms with Gasteiger partial charge in [-0.25, -0.2) is 0 Å². The van der Waals surface area contributed by atoms with Gasteiger partial charge in [-0.15, -0.1) is 24.8 Å². The van der Waals surface area contributed by atoms with E-state index in [2.05, 4.69) is 34.6 Å². The lowest BCUT2D eigenvalue weighted by Gasteiger charge is -2.38. The largest absolute Gasteiger partial charge is 0.314 e. The van der Waals surface area contributed by atoms with Crippen molar-refractivity contribution in [3.05, 3.63) is 36.0 Å². The van der Waals surface area contributed by atoms with Crippen LogP contribution in [0, 0.1) is 5.92 Å². The number of rotatable bonds is 3. The number of piperazine rings is 1. The molecule has 0 amide bonds. The van der Waals surface area contributed by atoms with Gasteiger partial charge in [0, 0.05) is 50.7 Å². The van der Waals surface area contributed by atoms with Gasteiger partial charge in [0.25, 0.3) is 0 Å². The number of hydrogen-bond acceptors (Lipinski definition) is 3. The molecule has 1 saturated carbocycles. The zero-order valence-corrected chi connectivity index (χ0v) is 17.0. The van der Waals surface area contributed by atoms with Gasteiger partial charge < -0.3 is 5.32 Å². The van der Waals surface area contributed by atoms with Crippen LogP contribution < -0.4 is 5.32 Å². The second-order valence-electron chi connectivity index (χ2n) is 7.27. The Balaban J connectivity index is 0.00000121. The zero-order valence-electron chi connectivity index (χ0n) is 15.3. The van der Waals surface area contributed by atoms with Gasteiger partial charge in [0.15, 0.2) is 0 Å². The third kappa shape index (κ3) is 3.94. The van der Waals surface area contributed by atoms with Crippen molar-refractivity contribution in [1.29, 1.82) is 0 Å². The lowest BCUT2D eigenvalue weighted by Crippen LogP contribution is -2.46. The van der Waals surface area contributed by atoms with E-state index in [1.807, 2.05) is 10.6 Å². The first-order chi connectivity index (χ1) is 11.8. The molecule has 1 N–H and O–H groups in total. The summed E-state index contributed by atoms with van der Waals surface area (Å²) in [5, 5.41) is 4.72. The first kappa shape index (κ1) is 21.2. The van der Waals surface area contributed by atoms with Crippen molar-refractivity contribution in [2.45, 2.75) is 38.6 Å². The van der Waals surface area contributed by atoms with Crippen molar-refractivity contribution >= 4 is 41.6 Å². The molecule has 2 heterocycles.